The van der Waals surface area contributed by atoms with E-state index in [0.717, 1.165) is 11.3 Å². The number of carbonyl (C=O) groups is 1. The molecule has 6 nitrogen and oxygen atoms in total. The van der Waals surface area contributed by atoms with E-state index in [1.54, 1.807) is 35.3 Å². The Kier molecular flexibility index (Phi) is 5.86. The smallest absolute Gasteiger partial charge is 0.223 e. The van der Waals surface area contributed by atoms with Gasteiger partial charge in [0.2, 0.25) is 5.91 Å². The number of halogens is 1. The Morgan fingerprint density at radius 2 is 1.92 bits per heavy atom. The van der Waals surface area contributed by atoms with Crippen molar-refractivity contribution in [1.29, 1.82) is 0 Å². The first-order chi connectivity index (χ1) is 12.6. The molecule has 134 valence electrons. The maximum Gasteiger partial charge on any atom is 0.223 e. The highest BCUT2D eigenvalue weighted by Crippen LogP contribution is 2.17. The van der Waals surface area contributed by atoms with Crippen LogP contribution in [0.1, 0.15) is 24.9 Å². The number of carbonyl (C=O) groups excluding carboxylic acids is 1. The van der Waals surface area contributed by atoms with Crippen molar-refractivity contribution in [3.63, 3.8) is 0 Å². The van der Waals surface area contributed by atoms with Gasteiger partial charge in [-0.15, -0.1) is 0 Å². The summed E-state index contributed by atoms with van der Waals surface area (Å²) < 4.78 is 7.22. The molecular formula is C19H19ClN4O2. The van der Waals surface area contributed by atoms with E-state index < -0.39 is 0 Å². The Bertz CT molecular complexity index is 833. The molecule has 1 unspecified atom stereocenters. The molecule has 1 N–H and O–H groups in total. The number of hydrogen-bond donors (Lipinski definition) is 1. The van der Waals surface area contributed by atoms with Crippen LogP contribution in [-0.2, 0) is 4.79 Å². The summed E-state index contributed by atoms with van der Waals surface area (Å²) >= 11 is 5.82. The summed E-state index contributed by atoms with van der Waals surface area (Å²) in [5.41, 5.74) is 1.93. The number of benzene rings is 2. The van der Waals surface area contributed by atoms with Gasteiger partial charge in [0.15, 0.2) is 0 Å². The van der Waals surface area contributed by atoms with Crippen LogP contribution in [-0.4, -0.2) is 27.3 Å². The molecule has 1 heterocycles. The van der Waals surface area contributed by atoms with E-state index in [4.69, 9.17) is 16.3 Å². The molecule has 2 aromatic carbocycles. The average molecular weight is 371 g/mol. The van der Waals surface area contributed by atoms with Gasteiger partial charge in [0.25, 0.3) is 0 Å². The van der Waals surface area contributed by atoms with Crippen LogP contribution in [0, 0.1) is 0 Å². The molecule has 1 atom stereocenters. The van der Waals surface area contributed by atoms with Gasteiger partial charge in [-0.05, 0) is 48.9 Å². The molecule has 1 aromatic heterocycles. The molecule has 3 aromatic rings. The minimum Gasteiger partial charge on any atom is -0.493 e. The quantitative estimate of drug-likeness (QED) is 0.690. The third-order valence-electron chi connectivity index (χ3n) is 3.87. The highest BCUT2D eigenvalue weighted by Gasteiger charge is 2.10. The van der Waals surface area contributed by atoms with E-state index in [-0.39, 0.29) is 18.4 Å². The van der Waals surface area contributed by atoms with Gasteiger partial charge >= 0.3 is 0 Å². The van der Waals surface area contributed by atoms with Crippen molar-refractivity contribution >= 4 is 17.5 Å². The van der Waals surface area contributed by atoms with Gasteiger partial charge in [0.05, 0.1) is 24.8 Å². The van der Waals surface area contributed by atoms with E-state index in [0.29, 0.717) is 17.4 Å². The summed E-state index contributed by atoms with van der Waals surface area (Å²) in [5, 5.41) is 7.71. The fraction of sp³-hybridized carbons (Fsp3) is 0.211. The first-order valence-electron chi connectivity index (χ1n) is 8.24. The average Bonchev–Trinajstić information content (AvgIpc) is 3.18. The van der Waals surface area contributed by atoms with Crippen LogP contribution < -0.4 is 10.1 Å². The summed E-state index contributed by atoms with van der Waals surface area (Å²) in [7, 11) is 0. The number of aromatic nitrogens is 3. The molecule has 0 bridgehead atoms. The van der Waals surface area contributed by atoms with Crippen molar-refractivity contribution < 1.29 is 9.53 Å². The lowest BCUT2D eigenvalue weighted by molar-refractivity contribution is -0.122. The van der Waals surface area contributed by atoms with E-state index in [1.807, 2.05) is 31.2 Å². The molecule has 0 fully saturated rings. The predicted molar refractivity (Wildman–Crippen MR) is 99.5 cm³/mol. The largest absolute Gasteiger partial charge is 0.493 e. The zero-order valence-corrected chi connectivity index (χ0v) is 15.1. The topological polar surface area (TPSA) is 69.0 Å². The molecule has 0 radical (unpaired) electrons. The van der Waals surface area contributed by atoms with Crippen LogP contribution in [0.5, 0.6) is 5.75 Å². The van der Waals surface area contributed by atoms with Crippen molar-refractivity contribution in [3.05, 3.63) is 71.8 Å². The molecule has 0 aliphatic heterocycles. The van der Waals surface area contributed by atoms with Gasteiger partial charge in [-0.25, -0.2) is 9.67 Å². The molecule has 0 saturated carbocycles. The molecule has 0 spiro atoms. The number of nitrogens with zero attached hydrogens (tertiary/aromatic N) is 3. The summed E-state index contributed by atoms with van der Waals surface area (Å²) in [6.07, 6.45) is 3.41. The Morgan fingerprint density at radius 1 is 1.19 bits per heavy atom. The molecule has 0 saturated heterocycles. The van der Waals surface area contributed by atoms with Crippen molar-refractivity contribution in [2.45, 2.75) is 19.4 Å². The summed E-state index contributed by atoms with van der Waals surface area (Å²) in [6, 6.07) is 14.8. The zero-order chi connectivity index (χ0) is 18.4. The Labute approximate surface area is 156 Å². The predicted octanol–water partition coefficient (Wildman–Crippen LogP) is 3.57. The van der Waals surface area contributed by atoms with Gasteiger partial charge in [-0.1, -0.05) is 23.7 Å². The van der Waals surface area contributed by atoms with Crippen molar-refractivity contribution in [1.82, 2.24) is 20.1 Å². The lowest BCUT2D eigenvalue weighted by Crippen LogP contribution is -2.27. The Morgan fingerprint density at radius 3 is 2.58 bits per heavy atom. The highest BCUT2D eigenvalue weighted by atomic mass is 35.5. The third-order valence-corrected chi connectivity index (χ3v) is 4.12. The molecular weight excluding hydrogens is 352 g/mol. The zero-order valence-electron chi connectivity index (χ0n) is 14.3. The molecule has 3 rings (SSSR count). The van der Waals surface area contributed by atoms with E-state index in [2.05, 4.69) is 15.4 Å². The van der Waals surface area contributed by atoms with Crippen molar-refractivity contribution in [3.8, 4) is 11.4 Å². The molecule has 26 heavy (non-hydrogen) atoms. The van der Waals surface area contributed by atoms with Gasteiger partial charge in [-0.2, -0.15) is 5.10 Å². The minimum atomic E-state index is -0.0946. The maximum atomic E-state index is 12.1. The highest BCUT2D eigenvalue weighted by molar-refractivity contribution is 6.30. The first kappa shape index (κ1) is 17.9. The fourth-order valence-corrected chi connectivity index (χ4v) is 2.57. The number of amides is 1. The van der Waals surface area contributed by atoms with Gasteiger partial charge < -0.3 is 10.1 Å². The maximum absolute atomic E-state index is 12.1. The SMILES string of the molecule is CC(NC(=O)CCOc1ccc(Cl)cc1)c1ccc(-n2cncn2)cc1. The van der Waals surface area contributed by atoms with Gasteiger partial charge in [0.1, 0.15) is 18.4 Å². The lowest BCUT2D eigenvalue weighted by atomic mass is 10.1. The monoisotopic (exact) mass is 370 g/mol. The van der Waals surface area contributed by atoms with Gasteiger partial charge in [-0.3, -0.25) is 4.79 Å². The van der Waals surface area contributed by atoms with Crippen LogP contribution in [0.15, 0.2) is 61.2 Å². The number of rotatable bonds is 7. The first-order valence-corrected chi connectivity index (χ1v) is 8.62. The van der Waals surface area contributed by atoms with Crippen LogP contribution in [0.2, 0.25) is 5.02 Å². The van der Waals surface area contributed by atoms with Crippen LogP contribution in [0.4, 0.5) is 0 Å². The summed E-state index contributed by atoms with van der Waals surface area (Å²) in [4.78, 5) is 16.0. The van der Waals surface area contributed by atoms with E-state index >= 15 is 0 Å². The number of nitrogens with one attached hydrogen (secondary N) is 1. The number of hydrogen-bond acceptors (Lipinski definition) is 4. The molecule has 1 amide bonds. The standard InChI is InChI=1S/C19H19ClN4O2/c1-14(15-2-6-17(7-3-15)24-13-21-12-22-24)23-19(25)10-11-26-18-8-4-16(20)5-9-18/h2-9,12-14H,10-11H2,1H3,(H,23,25). The molecule has 7 heteroatoms. The van der Waals surface area contributed by atoms with Gasteiger partial charge in [0, 0.05) is 5.02 Å². The Balaban J connectivity index is 1.47. The second kappa shape index (κ2) is 8.49. The van der Waals surface area contributed by atoms with Crippen LogP contribution in [0.25, 0.3) is 5.69 Å². The Hall–Kier alpha value is -2.86. The summed E-state index contributed by atoms with van der Waals surface area (Å²) in [6.45, 7) is 2.26. The number of ether oxygens (including phenoxy) is 1. The molecule has 0 aliphatic carbocycles. The lowest BCUT2D eigenvalue weighted by Gasteiger charge is -2.15. The fourth-order valence-electron chi connectivity index (χ4n) is 2.45. The van der Waals surface area contributed by atoms with E-state index in [9.17, 15) is 4.79 Å². The van der Waals surface area contributed by atoms with Crippen molar-refractivity contribution in [2.75, 3.05) is 6.61 Å². The molecule has 0 aliphatic rings. The second-order valence-corrected chi connectivity index (χ2v) is 6.21. The normalized spacial score (nSPS) is 11.8. The van der Waals surface area contributed by atoms with Crippen LogP contribution in [0.3, 0.4) is 0 Å². The van der Waals surface area contributed by atoms with E-state index in [1.165, 1.54) is 6.33 Å². The summed E-state index contributed by atoms with van der Waals surface area (Å²) in [5.74, 6) is 0.630. The second-order valence-electron chi connectivity index (χ2n) is 5.77. The van der Waals surface area contributed by atoms with Crippen molar-refractivity contribution in [2.24, 2.45) is 0 Å². The minimum absolute atomic E-state index is 0.0631. The third kappa shape index (κ3) is 4.83. The van der Waals surface area contributed by atoms with Crippen LogP contribution >= 0.6 is 11.6 Å².